The smallest absolute Gasteiger partial charge is 0.119 e. The highest BCUT2D eigenvalue weighted by Crippen LogP contribution is 2.23. The van der Waals surface area contributed by atoms with Crippen LogP contribution in [0.1, 0.15) is 26.2 Å². The molecule has 1 rings (SSSR count). The Morgan fingerprint density at radius 2 is 2.19 bits per heavy atom. The number of benzene rings is 1. The first-order valence-electron chi connectivity index (χ1n) is 5.75. The number of hydrogen-bond acceptors (Lipinski definition) is 3. The van der Waals surface area contributed by atoms with E-state index in [1.807, 2.05) is 23.9 Å². The summed E-state index contributed by atoms with van der Waals surface area (Å²) in [6.07, 6.45) is 3.57. The van der Waals surface area contributed by atoms with Crippen molar-refractivity contribution in [3.8, 4) is 5.75 Å². The molecule has 0 aliphatic rings. The Bertz CT molecular complexity index is 302. The quantitative estimate of drug-likeness (QED) is 0.585. The molecule has 1 aromatic rings. The lowest BCUT2D eigenvalue weighted by Crippen LogP contribution is -2.13. The van der Waals surface area contributed by atoms with Crippen molar-refractivity contribution < 1.29 is 4.74 Å². The van der Waals surface area contributed by atoms with Crippen LogP contribution in [0.25, 0.3) is 0 Å². The van der Waals surface area contributed by atoms with Crippen LogP contribution in [0.2, 0.25) is 0 Å². The second kappa shape index (κ2) is 7.58. The number of methoxy groups -OCH3 is 1. The number of nitrogens with two attached hydrogens (primary N) is 1. The summed E-state index contributed by atoms with van der Waals surface area (Å²) < 4.78 is 5.18. The molecular formula is C13H21NOS. The van der Waals surface area contributed by atoms with E-state index in [2.05, 4.69) is 19.1 Å². The number of hydrogen-bond donors (Lipinski definition) is 1. The van der Waals surface area contributed by atoms with Crippen LogP contribution in [-0.4, -0.2) is 18.9 Å². The Morgan fingerprint density at radius 3 is 2.88 bits per heavy atom. The fraction of sp³-hybridized carbons (Fsp3) is 0.538. The minimum atomic E-state index is 0.335. The van der Waals surface area contributed by atoms with Crippen LogP contribution >= 0.6 is 11.8 Å². The van der Waals surface area contributed by atoms with Gasteiger partial charge in [0.05, 0.1) is 7.11 Å². The Morgan fingerprint density at radius 1 is 1.38 bits per heavy atom. The largest absolute Gasteiger partial charge is 0.497 e. The molecule has 0 amide bonds. The highest BCUT2D eigenvalue weighted by molar-refractivity contribution is 7.99. The van der Waals surface area contributed by atoms with Crippen LogP contribution in [0.4, 0.5) is 0 Å². The molecule has 1 atom stereocenters. The molecule has 3 heteroatoms. The number of ether oxygens (including phenoxy) is 1. The fourth-order valence-electron chi connectivity index (χ4n) is 1.45. The van der Waals surface area contributed by atoms with E-state index in [1.165, 1.54) is 17.7 Å². The lowest BCUT2D eigenvalue weighted by Gasteiger charge is -2.05. The van der Waals surface area contributed by atoms with E-state index in [-0.39, 0.29) is 0 Å². The summed E-state index contributed by atoms with van der Waals surface area (Å²) in [7, 11) is 1.70. The molecule has 2 N–H and O–H groups in total. The average Bonchev–Trinajstić information content (AvgIpc) is 2.28. The Hall–Kier alpha value is -0.670. The summed E-state index contributed by atoms with van der Waals surface area (Å²) in [4.78, 5) is 1.28. The molecule has 0 saturated heterocycles. The minimum Gasteiger partial charge on any atom is -0.497 e. The van der Waals surface area contributed by atoms with Crippen LogP contribution in [-0.2, 0) is 0 Å². The van der Waals surface area contributed by atoms with Gasteiger partial charge in [-0.05, 0) is 43.7 Å². The normalized spacial score (nSPS) is 12.4. The number of rotatable bonds is 7. The van der Waals surface area contributed by atoms with Gasteiger partial charge in [0.15, 0.2) is 0 Å². The second-order valence-electron chi connectivity index (χ2n) is 4.00. The monoisotopic (exact) mass is 239 g/mol. The van der Waals surface area contributed by atoms with Gasteiger partial charge in [0.25, 0.3) is 0 Å². The van der Waals surface area contributed by atoms with E-state index in [0.29, 0.717) is 6.04 Å². The molecule has 0 spiro atoms. The van der Waals surface area contributed by atoms with Crippen LogP contribution in [0, 0.1) is 0 Å². The van der Waals surface area contributed by atoms with E-state index in [0.717, 1.165) is 17.9 Å². The zero-order valence-electron chi connectivity index (χ0n) is 10.1. The van der Waals surface area contributed by atoms with E-state index in [4.69, 9.17) is 10.5 Å². The summed E-state index contributed by atoms with van der Waals surface area (Å²) in [5.74, 6) is 2.08. The van der Waals surface area contributed by atoms with Crippen molar-refractivity contribution in [1.29, 1.82) is 0 Å². The van der Waals surface area contributed by atoms with Gasteiger partial charge >= 0.3 is 0 Å². The summed E-state index contributed by atoms with van der Waals surface area (Å²) in [5, 5.41) is 0. The van der Waals surface area contributed by atoms with E-state index in [1.54, 1.807) is 7.11 Å². The molecule has 90 valence electrons. The third-order valence-corrected chi connectivity index (χ3v) is 3.44. The molecular weight excluding hydrogens is 218 g/mol. The summed E-state index contributed by atoms with van der Waals surface area (Å²) in [5.41, 5.74) is 5.70. The molecule has 0 aromatic heterocycles. The summed E-state index contributed by atoms with van der Waals surface area (Å²) in [6.45, 7) is 2.06. The standard InChI is InChI=1S/C13H21NOS/c1-11(14)6-3-4-9-16-13-8-5-7-12(10-13)15-2/h5,7-8,10-11H,3-4,6,9,14H2,1-2H3. The van der Waals surface area contributed by atoms with Gasteiger partial charge in [-0.25, -0.2) is 0 Å². The topological polar surface area (TPSA) is 35.2 Å². The van der Waals surface area contributed by atoms with Crippen LogP contribution in [0.5, 0.6) is 5.75 Å². The van der Waals surface area contributed by atoms with Crippen LogP contribution < -0.4 is 10.5 Å². The molecule has 16 heavy (non-hydrogen) atoms. The Kier molecular flexibility index (Phi) is 6.34. The second-order valence-corrected chi connectivity index (χ2v) is 5.17. The van der Waals surface area contributed by atoms with Gasteiger partial charge in [-0.15, -0.1) is 11.8 Å². The molecule has 0 saturated carbocycles. The van der Waals surface area contributed by atoms with Gasteiger partial charge in [0.1, 0.15) is 5.75 Å². The maximum Gasteiger partial charge on any atom is 0.119 e. The summed E-state index contributed by atoms with van der Waals surface area (Å²) in [6, 6.07) is 8.54. The predicted molar refractivity (Wildman–Crippen MR) is 71.2 cm³/mol. The Labute approximate surface area is 103 Å². The average molecular weight is 239 g/mol. The van der Waals surface area contributed by atoms with Gasteiger partial charge in [0.2, 0.25) is 0 Å². The van der Waals surface area contributed by atoms with Gasteiger partial charge in [0, 0.05) is 10.9 Å². The van der Waals surface area contributed by atoms with Gasteiger partial charge in [-0.1, -0.05) is 12.5 Å². The fourth-order valence-corrected chi connectivity index (χ4v) is 2.41. The molecule has 0 fully saturated rings. The summed E-state index contributed by atoms with van der Waals surface area (Å²) >= 11 is 1.88. The van der Waals surface area contributed by atoms with Gasteiger partial charge in [-0.3, -0.25) is 0 Å². The van der Waals surface area contributed by atoms with Crippen molar-refractivity contribution in [2.75, 3.05) is 12.9 Å². The molecule has 0 radical (unpaired) electrons. The highest BCUT2D eigenvalue weighted by atomic mass is 32.2. The third kappa shape index (κ3) is 5.42. The first-order chi connectivity index (χ1) is 7.72. The lowest BCUT2D eigenvalue weighted by atomic mass is 10.2. The molecule has 0 bridgehead atoms. The van der Waals surface area contributed by atoms with Crippen molar-refractivity contribution in [2.45, 2.75) is 37.1 Å². The first kappa shape index (κ1) is 13.4. The molecule has 0 aliphatic carbocycles. The third-order valence-electron chi connectivity index (χ3n) is 2.36. The molecule has 1 unspecified atom stereocenters. The SMILES string of the molecule is COc1cccc(SCCCCC(C)N)c1. The van der Waals surface area contributed by atoms with Crippen molar-refractivity contribution >= 4 is 11.8 Å². The van der Waals surface area contributed by atoms with Crippen LogP contribution in [0.3, 0.4) is 0 Å². The zero-order valence-corrected chi connectivity index (χ0v) is 10.9. The van der Waals surface area contributed by atoms with E-state index >= 15 is 0 Å². The minimum absolute atomic E-state index is 0.335. The van der Waals surface area contributed by atoms with E-state index < -0.39 is 0 Å². The van der Waals surface area contributed by atoms with Crippen molar-refractivity contribution in [2.24, 2.45) is 5.73 Å². The first-order valence-corrected chi connectivity index (χ1v) is 6.73. The van der Waals surface area contributed by atoms with Crippen molar-refractivity contribution in [3.63, 3.8) is 0 Å². The maximum absolute atomic E-state index is 5.70. The molecule has 1 aromatic carbocycles. The zero-order chi connectivity index (χ0) is 11.8. The molecule has 0 aliphatic heterocycles. The van der Waals surface area contributed by atoms with Crippen LogP contribution in [0.15, 0.2) is 29.2 Å². The van der Waals surface area contributed by atoms with Crippen molar-refractivity contribution in [1.82, 2.24) is 0 Å². The number of unbranched alkanes of at least 4 members (excludes halogenated alkanes) is 1. The lowest BCUT2D eigenvalue weighted by molar-refractivity contribution is 0.413. The van der Waals surface area contributed by atoms with Gasteiger partial charge in [-0.2, -0.15) is 0 Å². The predicted octanol–water partition coefficient (Wildman–Crippen LogP) is 3.30. The molecule has 2 nitrogen and oxygen atoms in total. The molecule has 0 heterocycles. The van der Waals surface area contributed by atoms with Crippen molar-refractivity contribution in [3.05, 3.63) is 24.3 Å². The number of thioether (sulfide) groups is 1. The maximum atomic E-state index is 5.70. The Balaban J connectivity index is 2.21. The highest BCUT2D eigenvalue weighted by Gasteiger charge is 1.98. The van der Waals surface area contributed by atoms with Gasteiger partial charge < -0.3 is 10.5 Å². The van der Waals surface area contributed by atoms with E-state index in [9.17, 15) is 0 Å².